The molecular formula is C14H12ClFN4OS2. The molecule has 1 aromatic carbocycles. The van der Waals surface area contributed by atoms with E-state index < -0.39 is 11.9 Å². The van der Waals surface area contributed by atoms with Crippen LogP contribution in [-0.2, 0) is 0 Å². The molecule has 0 saturated carbocycles. The van der Waals surface area contributed by atoms with Crippen molar-refractivity contribution in [2.45, 2.75) is 10.4 Å². The number of nitrogens with zero attached hydrogens (tertiary/aromatic N) is 3. The molecule has 5 nitrogen and oxygen atoms in total. The summed E-state index contributed by atoms with van der Waals surface area (Å²) in [6.07, 6.45) is 2.47. The number of aliphatic hydroxyl groups excluding tert-OH is 1. The molecule has 0 saturated heterocycles. The number of hydrogen-bond donors (Lipinski definition) is 2. The van der Waals surface area contributed by atoms with E-state index in [4.69, 9.17) is 11.6 Å². The first-order chi connectivity index (χ1) is 11.1. The van der Waals surface area contributed by atoms with Crippen LogP contribution < -0.4 is 5.32 Å². The van der Waals surface area contributed by atoms with Crippen molar-refractivity contribution in [1.82, 2.24) is 15.0 Å². The minimum atomic E-state index is -0.889. The minimum absolute atomic E-state index is 0.0284. The molecule has 0 aliphatic heterocycles. The van der Waals surface area contributed by atoms with Crippen molar-refractivity contribution >= 4 is 50.9 Å². The number of anilines is 1. The van der Waals surface area contributed by atoms with Gasteiger partial charge in [-0.2, -0.15) is 0 Å². The van der Waals surface area contributed by atoms with Crippen molar-refractivity contribution < 1.29 is 9.50 Å². The van der Waals surface area contributed by atoms with Crippen molar-refractivity contribution in [3.8, 4) is 0 Å². The van der Waals surface area contributed by atoms with Gasteiger partial charge in [-0.1, -0.05) is 29.4 Å². The van der Waals surface area contributed by atoms with E-state index in [0.717, 1.165) is 9.04 Å². The molecule has 0 spiro atoms. The summed E-state index contributed by atoms with van der Waals surface area (Å²) >= 11 is 8.66. The molecule has 0 aliphatic rings. The summed E-state index contributed by atoms with van der Waals surface area (Å²) in [5, 5.41) is 13.3. The van der Waals surface area contributed by atoms with Crippen molar-refractivity contribution in [3.63, 3.8) is 0 Å². The average molecular weight is 371 g/mol. The number of halogens is 2. The van der Waals surface area contributed by atoms with Gasteiger partial charge < -0.3 is 10.4 Å². The zero-order valence-electron chi connectivity index (χ0n) is 12.0. The monoisotopic (exact) mass is 370 g/mol. The fourth-order valence-corrected chi connectivity index (χ4v) is 3.58. The van der Waals surface area contributed by atoms with Gasteiger partial charge >= 0.3 is 0 Å². The average Bonchev–Trinajstić information content (AvgIpc) is 2.99. The number of thiazole rings is 1. The summed E-state index contributed by atoms with van der Waals surface area (Å²) < 4.78 is 15.2. The van der Waals surface area contributed by atoms with Crippen LogP contribution in [0, 0.1) is 5.82 Å². The van der Waals surface area contributed by atoms with Crippen LogP contribution in [0.4, 0.5) is 10.2 Å². The summed E-state index contributed by atoms with van der Waals surface area (Å²) in [6, 6.07) is 4.24. The van der Waals surface area contributed by atoms with Crippen LogP contribution in [0.3, 0.4) is 0 Å². The maximum Gasteiger partial charge on any atom is 0.176 e. The van der Waals surface area contributed by atoms with Crippen LogP contribution in [0.25, 0.3) is 10.3 Å². The van der Waals surface area contributed by atoms with Crippen LogP contribution in [0.2, 0.25) is 5.02 Å². The third kappa shape index (κ3) is 3.55. The fourth-order valence-electron chi connectivity index (χ4n) is 1.98. The molecule has 0 bridgehead atoms. The van der Waals surface area contributed by atoms with Crippen LogP contribution >= 0.6 is 34.7 Å². The van der Waals surface area contributed by atoms with Crippen molar-refractivity contribution in [2.75, 3.05) is 18.1 Å². The highest BCUT2D eigenvalue weighted by molar-refractivity contribution is 8.00. The molecule has 2 aromatic heterocycles. The van der Waals surface area contributed by atoms with Crippen molar-refractivity contribution in [1.29, 1.82) is 0 Å². The molecule has 0 fully saturated rings. The van der Waals surface area contributed by atoms with Gasteiger partial charge in [0.15, 0.2) is 9.99 Å². The summed E-state index contributed by atoms with van der Waals surface area (Å²) in [4.78, 5) is 12.7. The normalized spacial score (nSPS) is 12.5. The molecule has 120 valence electrons. The zero-order valence-corrected chi connectivity index (χ0v) is 14.3. The Hall–Kier alpha value is -1.48. The van der Waals surface area contributed by atoms with Gasteiger partial charge in [-0.3, -0.25) is 0 Å². The Kier molecular flexibility index (Phi) is 4.96. The second-order valence-corrected chi connectivity index (χ2v) is 7.09. The van der Waals surface area contributed by atoms with E-state index in [2.05, 4.69) is 20.3 Å². The standard InChI is InChI=1S/C14H12ClFN4OS2/c1-22-14-20-13-11(23-14)12(18-6-19-13)17-5-10(21)7-2-3-8(15)9(16)4-7/h2-4,6,10,21H,5H2,1H3,(H,17,18,19). The predicted molar refractivity (Wildman–Crippen MR) is 91.9 cm³/mol. The van der Waals surface area contributed by atoms with Gasteiger partial charge in [0.1, 0.15) is 22.7 Å². The first-order valence-electron chi connectivity index (χ1n) is 6.61. The van der Waals surface area contributed by atoms with Gasteiger partial charge in [0.25, 0.3) is 0 Å². The molecule has 2 N–H and O–H groups in total. The molecule has 9 heteroatoms. The summed E-state index contributed by atoms with van der Waals surface area (Å²) in [7, 11) is 0. The molecule has 0 amide bonds. The number of thioether (sulfide) groups is 1. The van der Waals surface area contributed by atoms with E-state index in [9.17, 15) is 9.50 Å². The van der Waals surface area contributed by atoms with E-state index in [-0.39, 0.29) is 11.6 Å². The third-order valence-electron chi connectivity index (χ3n) is 3.14. The molecule has 3 aromatic rings. The number of aliphatic hydroxyl groups is 1. The van der Waals surface area contributed by atoms with E-state index in [1.807, 2.05) is 6.26 Å². The van der Waals surface area contributed by atoms with Crippen LogP contribution in [-0.4, -0.2) is 32.9 Å². The fraction of sp³-hybridized carbons (Fsp3) is 0.214. The van der Waals surface area contributed by atoms with Crippen LogP contribution in [0.15, 0.2) is 28.9 Å². The molecule has 23 heavy (non-hydrogen) atoms. The second kappa shape index (κ2) is 6.96. The lowest BCUT2D eigenvalue weighted by Crippen LogP contribution is -2.13. The van der Waals surface area contributed by atoms with Crippen molar-refractivity contribution in [3.05, 3.63) is 40.9 Å². The number of rotatable bonds is 5. The number of fused-ring (bicyclic) bond motifs is 1. The molecule has 1 atom stereocenters. The zero-order chi connectivity index (χ0) is 16.4. The number of hydrogen-bond acceptors (Lipinski definition) is 7. The first kappa shape index (κ1) is 16.4. The minimum Gasteiger partial charge on any atom is -0.387 e. The van der Waals surface area contributed by atoms with E-state index in [1.54, 1.807) is 6.07 Å². The maximum absolute atomic E-state index is 13.5. The molecule has 0 radical (unpaired) electrons. The SMILES string of the molecule is CSc1nc2ncnc(NCC(O)c3ccc(Cl)c(F)c3)c2s1. The van der Waals surface area contributed by atoms with E-state index >= 15 is 0 Å². The van der Waals surface area contributed by atoms with Gasteiger partial charge in [0, 0.05) is 6.54 Å². The Morgan fingerprint density at radius 2 is 2.26 bits per heavy atom. The van der Waals surface area contributed by atoms with Gasteiger partial charge in [-0.15, -0.1) is 11.3 Å². The predicted octanol–water partition coefficient (Wildman–Crippen LogP) is 3.75. The summed E-state index contributed by atoms with van der Waals surface area (Å²) in [5.74, 6) is 0.0426. The molecule has 0 aliphatic carbocycles. The van der Waals surface area contributed by atoms with E-state index in [1.165, 1.54) is 41.6 Å². The lowest BCUT2D eigenvalue weighted by Gasteiger charge is -2.13. The lowest BCUT2D eigenvalue weighted by atomic mass is 10.1. The molecular weight excluding hydrogens is 359 g/mol. The first-order valence-corrected chi connectivity index (χ1v) is 9.03. The van der Waals surface area contributed by atoms with Gasteiger partial charge in [0.05, 0.1) is 11.1 Å². The highest BCUT2D eigenvalue weighted by atomic mass is 35.5. The Morgan fingerprint density at radius 1 is 1.43 bits per heavy atom. The number of nitrogens with one attached hydrogen (secondary N) is 1. The van der Waals surface area contributed by atoms with Crippen LogP contribution in [0.1, 0.15) is 11.7 Å². The maximum atomic E-state index is 13.5. The van der Waals surface area contributed by atoms with Gasteiger partial charge in [-0.25, -0.2) is 19.3 Å². The van der Waals surface area contributed by atoms with Gasteiger partial charge in [0.2, 0.25) is 0 Å². The van der Waals surface area contributed by atoms with Crippen LogP contribution in [0.5, 0.6) is 0 Å². The Morgan fingerprint density at radius 3 is 3.00 bits per heavy atom. The summed E-state index contributed by atoms with van der Waals surface area (Å²) in [5.41, 5.74) is 1.06. The Bertz CT molecular complexity index is 845. The van der Waals surface area contributed by atoms with E-state index in [0.29, 0.717) is 17.0 Å². The lowest BCUT2D eigenvalue weighted by molar-refractivity contribution is 0.191. The topological polar surface area (TPSA) is 70.9 Å². The third-order valence-corrected chi connectivity index (χ3v) is 5.48. The number of aromatic nitrogens is 3. The molecule has 3 rings (SSSR count). The van der Waals surface area contributed by atoms with Crippen molar-refractivity contribution in [2.24, 2.45) is 0 Å². The highest BCUT2D eigenvalue weighted by Crippen LogP contribution is 2.31. The highest BCUT2D eigenvalue weighted by Gasteiger charge is 2.13. The van der Waals surface area contributed by atoms with Gasteiger partial charge in [-0.05, 0) is 24.0 Å². The molecule has 2 heterocycles. The molecule has 1 unspecified atom stereocenters. The summed E-state index contributed by atoms with van der Waals surface area (Å²) in [6.45, 7) is 0.180. The quantitative estimate of drug-likeness (QED) is 0.666. The Labute approximate surface area is 145 Å². The largest absolute Gasteiger partial charge is 0.387 e. The second-order valence-electron chi connectivity index (χ2n) is 4.63. The number of benzene rings is 1. The Balaban J connectivity index is 1.77. The smallest absolute Gasteiger partial charge is 0.176 e.